The number of hydrogen-bond donors (Lipinski definition) is 2. The van der Waals surface area contributed by atoms with E-state index in [9.17, 15) is 19.2 Å². The molecule has 0 aliphatic heterocycles. The van der Waals surface area contributed by atoms with Crippen LogP contribution in [0.25, 0.3) is 0 Å². The first-order valence-electron chi connectivity index (χ1n) is 8.74. The molecule has 0 fully saturated rings. The highest BCUT2D eigenvalue weighted by atomic mass is 16.6. The molecular formula is C18H27N3O7. The number of carbonyl (C=O) groups is 4. The second-order valence-corrected chi connectivity index (χ2v) is 7.18. The predicted octanol–water partition coefficient (Wildman–Crippen LogP) is 1.44. The highest BCUT2D eigenvalue weighted by Gasteiger charge is 2.26. The molecule has 0 bridgehead atoms. The van der Waals surface area contributed by atoms with Crippen molar-refractivity contribution < 1.29 is 33.2 Å². The summed E-state index contributed by atoms with van der Waals surface area (Å²) in [5.41, 5.74) is -0.0610. The van der Waals surface area contributed by atoms with Crippen molar-refractivity contribution in [3.8, 4) is 0 Å². The predicted molar refractivity (Wildman–Crippen MR) is 97.7 cm³/mol. The third-order valence-corrected chi connectivity index (χ3v) is 3.59. The lowest BCUT2D eigenvalue weighted by Gasteiger charge is -2.19. The fraction of sp³-hybridized carbons (Fsp3) is 0.611. The first kappa shape index (κ1) is 23.1. The molecular weight excluding hydrogens is 370 g/mol. The standard InChI is InChI=1S/C18H27N3O7/c1-10-14(11(2)28-21-10)15(23)20-13(16(24)26-6)8-7-12(22)9-19-17(25)27-18(3,4)5/h13H,7-9H2,1-6H3,(H,19,25)(H,20,23)/t13-/m0/s1. The second-order valence-electron chi connectivity index (χ2n) is 7.18. The van der Waals surface area contributed by atoms with Gasteiger partial charge in [-0.1, -0.05) is 5.16 Å². The summed E-state index contributed by atoms with van der Waals surface area (Å²) in [6.07, 6.45) is -0.759. The normalized spacial score (nSPS) is 12.1. The number of aromatic nitrogens is 1. The number of ether oxygens (including phenoxy) is 2. The first-order valence-corrected chi connectivity index (χ1v) is 8.74. The van der Waals surface area contributed by atoms with Crippen molar-refractivity contribution in [3.63, 3.8) is 0 Å². The van der Waals surface area contributed by atoms with E-state index in [2.05, 4.69) is 20.5 Å². The van der Waals surface area contributed by atoms with E-state index >= 15 is 0 Å². The van der Waals surface area contributed by atoms with Crippen LogP contribution in [-0.4, -0.2) is 54.2 Å². The lowest BCUT2D eigenvalue weighted by molar-refractivity contribution is -0.143. The van der Waals surface area contributed by atoms with Crippen molar-refractivity contribution in [2.24, 2.45) is 0 Å². The minimum Gasteiger partial charge on any atom is -0.467 e. The van der Waals surface area contributed by atoms with Gasteiger partial charge in [0.15, 0.2) is 5.78 Å². The zero-order chi connectivity index (χ0) is 21.5. The molecule has 0 aliphatic carbocycles. The summed E-state index contributed by atoms with van der Waals surface area (Å²) in [7, 11) is 1.18. The molecule has 10 nitrogen and oxygen atoms in total. The number of nitrogens with one attached hydrogen (secondary N) is 2. The Hall–Kier alpha value is -2.91. The smallest absolute Gasteiger partial charge is 0.408 e. The zero-order valence-electron chi connectivity index (χ0n) is 17.0. The number of hydrogen-bond acceptors (Lipinski definition) is 8. The van der Waals surface area contributed by atoms with E-state index in [-0.39, 0.29) is 30.7 Å². The van der Waals surface area contributed by atoms with Gasteiger partial charge in [0.25, 0.3) is 5.91 Å². The third kappa shape index (κ3) is 7.37. The van der Waals surface area contributed by atoms with Crippen molar-refractivity contribution in [3.05, 3.63) is 17.0 Å². The third-order valence-electron chi connectivity index (χ3n) is 3.59. The summed E-state index contributed by atoms with van der Waals surface area (Å²) < 4.78 is 14.7. The number of carbonyl (C=O) groups excluding carboxylic acids is 4. The molecule has 0 unspecified atom stereocenters. The SMILES string of the molecule is COC(=O)[C@H](CCC(=O)CNC(=O)OC(C)(C)C)NC(=O)c1c(C)noc1C. The number of methoxy groups -OCH3 is 1. The van der Waals surface area contributed by atoms with Crippen LogP contribution in [0, 0.1) is 13.8 Å². The summed E-state index contributed by atoms with van der Waals surface area (Å²) in [5, 5.41) is 8.57. The maximum absolute atomic E-state index is 12.4. The van der Waals surface area contributed by atoms with Crippen molar-refractivity contribution in [2.75, 3.05) is 13.7 Å². The van der Waals surface area contributed by atoms with Gasteiger partial charge in [-0.15, -0.1) is 0 Å². The van der Waals surface area contributed by atoms with Crippen LogP contribution in [0.1, 0.15) is 55.4 Å². The van der Waals surface area contributed by atoms with Crippen LogP contribution in [0.5, 0.6) is 0 Å². The van der Waals surface area contributed by atoms with Crippen LogP contribution in [0.2, 0.25) is 0 Å². The summed E-state index contributed by atoms with van der Waals surface area (Å²) in [6.45, 7) is 8.05. The minimum atomic E-state index is -1.03. The number of aryl methyl sites for hydroxylation is 2. The summed E-state index contributed by atoms with van der Waals surface area (Å²) in [5.74, 6) is -1.25. The van der Waals surface area contributed by atoms with Crippen molar-refractivity contribution in [1.29, 1.82) is 0 Å². The Labute approximate surface area is 163 Å². The van der Waals surface area contributed by atoms with Crippen molar-refractivity contribution in [2.45, 2.75) is 59.1 Å². The Kier molecular flexibility index (Phi) is 8.15. The van der Waals surface area contributed by atoms with Gasteiger partial charge < -0.3 is 24.6 Å². The summed E-state index contributed by atoms with van der Waals surface area (Å²) in [4.78, 5) is 47.9. The van der Waals surface area contributed by atoms with Gasteiger partial charge in [-0.25, -0.2) is 9.59 Å². The fourth-order valence-electron chi connectivity index (χ4n) is 2.31. The Balaban J connectivity index is 2.60. The lowest BCUT2D eigenvalue weighted by atomic mass is 10.1. The Bertz CT molecular complexity index is 715. The maximum Gasteiger partial charge on any atom is 0.408 e. The van der Waals surface area contributed by atoms with E-state index in [1.54, 1.807) is 34.6 Å². The minimum absolute atomic E-state index is 0.0105. The van der Waals surface area contributed by atoms with Gasteiger partial charge in [-0.2, -0.15) is 0 Å². The molecule has 1 aromatic rings. The summed E-state index contributed by atoms with van der Waals surface area (Å²) >= 11 is 0. The van der Waals surface area contributed by atoms with Gasteiger partial charge in [0.1, 0.15) is 23.0 Å². The number of Topliss-reactive ketones (excluding diaryl/α,β-unsaturated/α-hetero) is 1. The Morgan fingerprint density at radius 3 is 2.32 bits per heavy atom. The average Bonchev–Trinajstić information content (AvgIpc) is 2.92. The largest absolute Gasteiger partial charge is 0.467 e. The van der Waals surface area contributed by atoms with E-state index in [0.717, 1.165) is 0 Å². The van der Waals surface area contributed by atoms with Crippen LogP contribution in [0.3, 0.4) is 0 Å². The van der Waals surface area contributed by atoms with Gasteiger partial charge in [0.05, 0.1) is 19.3 Å². The molecule has 1 rings (SSSR count). The van der Waals surface area contributed by atoms with E-state index < -0.39 is 29.6 Å². The number of rotatable bonds is 8. The number of esters is 1. The van der Waals surface area contributed by atoms with Crippen LogP contribution >= 0.6 is 0 Å². The molecule has 0 radical (unpaired) electrons. The highest BCUT2D eigenvalue weighted by Crippen LogP contribution is 2.13. The number of nitrogens with zero attached hydrogens (tertiary/aromatic N) is 1. The van der Waals surface area contributed by atoms with Gasteiger partial charge in [0, 0.05) is 6.42 Å². The Morgan fingerprint density at radius 1 is 1.18 bits per heavy atom. The molecule has 0 spiro atoms. The lowest BCUT2D eigenvalue weighted by Crippen LogP contribution is -2.42. The zero-order valence-corrected chi connectivity index (χ0v) is 17.0. The maximum atomic E-state index is 12.4. The topological polar surface area (TPSA) is 137 Å². The van der Waals surface area contributed by atoms with E-state index in [1.165, 1.54) is 7.11 Å². The molecule has 10 heteroatoms. The number of alkyl carbamates (subject to hydrolysis) is 1. The van der Waals surface area contributed by atoms with Gasteiger partial charge in [-0.3, -0.25) is 9.59 Å². The van der Waals surface area contributed by atoms with E-state index in [4.69, 9.17) is 9.26 Å². The van der Waals surface area contributed by atoms with Crippen LogP contribution in [0.4, 0.5) is 4.79 Å². The molecule has 1 aromatic heterocycles. The molecule has 2 amide bonds. The van der Waals surface area contributed by atoms with Gasteiger partial charge >= 0.3 is 12.1 Å². The van der Waals surface area contributed by atoms with E-state index in [1.807, 2.05) is 0 Å². The molecule has 0 aromatic carbocycles. The number of ketones is 1. The van der Waals surface area contributed by atoms with Crippen molar-refractivity contribution in [1.82, 2.24) is 15.8 Å². The monoisotopic (exact) mass is 397 g/mol. The fourth-order valence-corrected chi connectivity index (χ4v) is 2.31. The summed E-state index contributed by atoms with van der Waals surface area (Å²) in [6, 6.07) is -1.03. The molecule has 0 aliphatic rings. The highest BCUT2D eigenvalue weighted by molar-refractivity contribution is 5.98. The van der Waals surface area contributed by atoms with Crippen LogP contribution in [-0.2, 0) is 19.1 Å². The molecule has 2 N–H and O–H groups in total. The van der Waals surface area contributed by atoms with Crippen molar-refractivity contribution >= 4 is 23.8 Å². The quantitative estimate of drug-likeness (QED) is 0.629. The van der Waals surface area contributed by atoms with Gasteiger partial charge in [-0.05, 0) is 41.0 Å². The second kappa shape index (κ2) is 9.86. The average molecular weight is 397 g/mol. The molecule has 0 saturated heterocycles. The Morgan fingerprint density at radius 2 is 1.82 bits per heavy atom. The molecule has 156 valence electrons. The van der Waals surface area contributed by atoms with Crippen LogP contribution in [0.15, 0.2) is 4.52 Å². The number of amides is 2. The molecule has 28 heavy (non-hydrogen) atoms. The molecule has 0 saturated carbocycles. The van der Waals surface area contributed by atoms with E-state index in [0.29, 0.717) is 11.5 Å². The molecule has 1 heterocycles. The molecule has 1 atom stereocenters. The van der Waals surface area contributed by atoms with Crippen LogP contribution < -0.4 is 10.6 Å². The first-order chi connectivity index (χ1) is 12.9. The van der Waals surface area contributed by atoms with Gasteiger partial charge in [0.2, 0.25) is 0 Å².